The number of amides is 1. The molecule has 0 spiro atoms. The van der Waals surface area contributed by atoms with Crippen LogP contribution in [0.3, 0.4) is 0 Å². The first kappa shape index (κ1) is 20.1. The molecule has 0 aliphatic carbocycles. The third kappa shape index (κ3) is 4.91. The first-order chi connectivity index (χ1) is 11.6. The number of hydrogen-bond donors (Lipinski definition) is 1. The molecule has 25 heavy (non-hydrogen) atoms. The Labute approximate surface area is 159 Å². The van der Waals surface area contributed by atoms with E-state index < -0.39 is 15.3 Å². The summed E-state index contributed by atoms with van der Waals surface area (Å²) in [6, 6.07) is 4.35. The summed E-state index contributed by atoms with van der Waals surface area (Å²) in [6.07, 6.45) is 0. The Bertz CT molecular complexity index is 883. The van der Waals surface area contributed by atoms with Crippen molar-refractivity contribution in [3.05, 3.63) is 28.2 Å². The second-order valence-corrected chi connectivity index (χ2v) is 10.6. The topological polar surface area (TPSA) is 92.3 Å². The zero-order valence-corrected chi connectivity index (χ0v) is 17.2. The Morgan fingerprint density at radius 1 is 1.36 bits per heavy atom. The lowest BCUT2D eigenvalue weighted by Gasteiger charge is -2.15. The van der Waals surface area contributed by atoms with Gasteiger partial charge in [-0.3, -0.25) is 4.79 Å². The number of anilines is 1. The van der Waals surface area contributed by atoms with Gasteiger partial charge in [-0.1, -0.05) is 34.7 Å². The summed E-state index contributed by atoms with van der Waals surface area (Å²) in [7, 11) is -0.871. The van der Waals surface area contributed by atoms with E-state index in [1.54, 1.807) is 13.0 Å². The van der Waals surface area contributed by atoms with Crippen molar-refractivity contribution in [2.24, 2.45) is 0 Å². The number of carbonyl (C=O) groups excluding carboxylic acids is 1. The van der Waals surface area contributed by atoms with Crippen LogP contribution in [-0.2, 0) is 14.8 Å². The lowest BCUT2D eigenvalue weighted by Crippen LogP contribution is -2.24. The molecule has 1 aromatic carbocycles. The van der Waals surface area contributed by atoms with Crippen molar-refractivity contribution in [3.63, 3.8) is 0 Å². The van der Waals surface area contributed by atoms with Crippen LogP contribution in [0.4, 0.5) is 5.69 Å². The molecule has 1 amide bonds. The average molecular weight is 421 g/mol. The number of nitrogens with zero attached hydrogens (tertiary/aromatic N) is 3. The first-order valence-electron chi connectivity index (χ1n) is 7.11. The lowest BCUT2D eigenvalue weighted by atomic mass is 10.3. The van der Waals surface area contributed by atoms with Crippen LogP contribution in [0.5, 0.6) is 0 Å². The minimum atomic E-state index is -3.70. The summed E-state index contributed by atoms with van der Waals surface area (Å²) in [4.78, 5) is 12.3. The van der Waals surface area contributed by atoms with Gasteiger partial charge in [0.05, 0.1) is 10.3 Å². The van der Waals surface area contributed by atoms with Crippen molar-refractivity contribution >= 4 is 56.3 Å². The van der Waals surface area contributed by atoms with Gasteiger partial charge in [0.1, 0.15) is 9.90 Å². The summed E-state index contributed by atoms with van der Waals surface area (Å²) in [5.74, 6) is -0.270. The molecule has 0 aliphatic rings. The Hall–Kier alpha value is -1.20. The molecule has 0 saturated carbocycles. The fraction of sp³-hybridized carbons (Fsp3) is 0.357. The molecule has 2 aromatic rings. The maximum absolute atomic E-state index is 12.3. The van der Waals surface area contributed by atoms with E-state index in [2.05, 4.69) is 15.5 Å². The number of benzene rings is 1. The summed E-state index contributed by atoms with van der Waals surface area (Å²) >= 11 is 8.70. The smallest absolute Gasteiger partial charge is 0.244 e. The van der Waals surface area contributed by atoms with Gasteiger partial charge in [-0.15, -0.1) is 10.2 Å². The highest BCUT2D eigenvalue weighted by Crippen LogP contribution is 2.29. The van der Waals surface area contributed by atoms with Crippen LogP contribution in [0.2, 0.25) is 5.02 Å². The zero-order chi connectivity index (χ0) is 18.8. The van der Waals surface area contributed by atoms with E-state index in [1.807, 2.05) is 6.92 Å². The number of aryl methyl sites for hydroxylation is 1. The van der Waals surface area contributed by atoms with Gasteiger partial charge in [0, 0.05) is 19.8 Å². The maximum atomic E-state index is 12.3. The van der Waals surface area contributed by atoms with E-state index in [1.165, 1.54) is 49.3 Å². The van der Waals surface area contributed by atoms with Crippen LogP contribution in [-0.4, -0.2) is 48.2 Å². The van der Waals surface area contributed by atoms with Crippen molar-refractivity contribution in [1.29, 1.82) is 0 Å². The van der Waals surface area contributed by atoms with Crippen LogP contribution in [0.25, 0.3) is 0 Å². The highest BCUT2D eigenvalue weighted by molar-refractivity contribution is 8.02. The molecule has 0 aliphatic heterocycles. The second-order valence-electron chi connectivity index (χ2n) is 5.27. The fourth-order valence-electron chi connectivity index (χ4n) is 1.75. The van der Waals surface area contributed by atoms with E-state index >= 15 is 0 Å². The maximum Gasteiger partial charge on any atom is 0.244 e. The van der Waals surface area contributed by atoms with Crippen LogP contribution < -0.4 is 5.32 Å². The molecule has 0 saturated heterocycles. The normalized spacial score (nSPS) is 13.0. The Morgan fingerprint density at radius 3 is 2.60 bits per heavy atom. The number of carbonyl (C=O) groups is 1. The minimum absolute atomic E-state index is 0.0583. The highest BCUT2D eigenvalue weighted by Gasteiger charge is 2.22. The largest absolute Gasteiger partial charge is 0.325 e. The number of nitrogens with one attached hydrogen (secondary N) is 1. The zero-order valence-electron chi connectivity index (χ0n) is 14.0. The molecular weight excluding hydrogens is 404 g/mol. The minimum Gasteiger partial charge on any atom is -0.325 e. The Balaban J connectivity index is 2.15. The summed E-state index contributed by atoms with van der Waals surface area (Å²) in [5, 5.41) is 11.1. The predicted molar refractivity (Wildman–Crippen MR) is 101 cm³/mol. The summed E-state index contributed by atoms with van der Waals surface area (Å²) in [5.41, 5.74) is 0.357. The Kier molecular flexibility index (Phi) is 6.44. The molecule has 1 N–H and O–H groups in total. The van der Waals surface area contributed by atoms with E-state index in [0.717, 1.165) is 9.31 Å². The molecule has 0 radical (unpaired) electrons. The predicted octanol–water partition coefficient (Wildman–Crippen LogP) is 2.87. The van der Waals surface area contributed by atoms with Gasteiger partial charge < -0.3 is 5.32 Å². The SMILES string of the molecule is Cc1nnc(SC(C)C(=O)Nc2ccc(Cl)c(S(=O)(=O)N(C)C)c2)s1. The van der Waals surface area contributed by atoms with E-state index in [9.17, 15) is 13.2 Å². The second kappa shape index (κ2) is 8.00. The molecule has 7 nitrogen and oxygen atoms in total. The van der Waals surface area contributed by atoms with Crippen molar-refractivity contribution in [1.82, 2.24) is 14.5 Å². The lowest BCUT2D eigenvalue weighted by molar-refractivity contribution is -0.115. The average Bonchev–Trinajstić information content (AvgIpc) is 2.93. The first-order valence-corrected chi connectivity index (χ1v) is 10.6. The van der Waals surface area contributed by atoms with Crippen LogP contribution >= 0.6 is 34.7 Å². The van der Waals surface area contributed by atoms with E-state index in [0.29, 0.717) is 10.0 Å². The molecule has 1 unspecified atom stereocenters. The summed E-state index contributed by atoms with van der Waals surface area (Å²) < 4.78 is 26.3. The molecule has 2 rings (SSSR count). The molecule has 0 fully saturated rings. The molecular formula is C14H17ClN4O3S3. The molecule has 1 atom stereocenters. The fourth-order valence-corrected chi connectivity index (χ4v) is 5.10. The van der Waals surface area contributed by atoms with Crippen molar-refractivity contribution in [2.45, 2.75) is 28.3 Å². The summed E-state index contributed by atoms with van der Waals surface area (Å²) in [6.45, 7) is 3.58. The number of hydrogen-bond acceptors (Lipinski definition) is 7. The standard InChI is InChI=1S/C14H17ClN4O3S3/c1-8(23-14-18-17-9(2)24-14)13(20)16-10-5-6-11(15)12(7-10)25(21,22)19(3)4/h5-8H,1-4H3,(H,16,20). The van der Waals surface area contributed by atoms with Gasteiger partial charge in [0.25, 0.3) is 0 Å². The highest BCUT2D eigenvalue weighted by atomic mass is 35.5. The van der Waals surface area contributed by atoms with Crippen molar-refractivity contribution < 1.29 is 13.2 Å². The third-order valence-electron chi connectivity index (χ3n) is 3.11. The van der Waals surface area contributed by atoms with Crippen molar-refractivity contribution in [3.8, 4) is 0 Å². The van der Waals surface area contributed by atoms with Gasteiger partial charge in [-0.2, -0.15) is 0 Å². The number of halogens is 1. The van der Waals surface area contributed by atoms with Crippen molar-refractivity contribution in [2.75, 3.05) is 19.4 Å². The monoisotopic (exact) mass is 420 g/mol. The van der Waals surface area contributed by atoms with Crippen LogP contribution in [0.1, 0.15) is 11.9 Å². The number of thioether (sulfide) groups is 1. The van der Waals surface area contributed by atoms with Crippen LogP contribution in [0.15, 0.2) is 27.4 Å². The molecule has 136 valence electrons. The van der Waals surface area contributed by atoms with Gasteiger partial charge in [-0.05, 0) is 32.0 Å². The number of sulfonamides is 1. The number of aromatic nitrogens is 2. The number of rotatable bonds is 6. The third-order valence-corrected chi connectivity index (χ3v) is 7.43. The Morgan fingerprint density at radius 2 is 2.04 bits per heavy atom. The van der Waals surface area contributed by atoms with Crippen LogP contribution in [0, 0.1) is 6.92 Å². The van der Waals surface area contributed by atoms with E-state index in [-0.39, 0.29) is 15.8 Å². The van der Waals surface area contributed by atoms with Gasteiger partial charge in [-0.25, -0.2) is 12.7 Å². The molecule has 1 aromatic heterocycles. The van der Waals surface area contributed by atoms with Gasteiger partial charge in [0.15, 0.2) is 4.34 Å². The molecule has 0 bridgehead atoms. The van der Waals surface area contributed by atoms with Gasteiger partial charge in [0.2, 0.25) is 15.9 Å². The van der Waals surface area contributed by atoms with Gasteiger partial charge >= 0.3 is 0 Å². The quantitative estimate of drug-likeness (QED) is 0.722. The van der Waals surface area contributed by atoms with E-state index in [4.69, 9.17) is 11.6 Å². The molecule has 1 heterocycles. The molecule has 11 heteroatoms.